The van der Waals surface area contributed by atoms with Crippen LogP contribution in [0.2, 0.25) is 0 Å². The quantitative estimate of drug-likeness (QED) is 0.737. The van der Waals surface area contributed by atoms with Gasteiger partial charge in [0, 0.05) is 0 Å². The molecule has 4 heteroatoms. The minimum atomic E-state index is 0.111. The molecule has 4 rings (SSSR count). The van der Waals surface area contributed by atoms with Gasteiger partial charge in [0.05, 0.1) is 29.4 Å². The van der Waals surface area contributed by atoms with Crippen LogP contribution in [0.4, 0.5) is 5.69 Å². The van der Waals surface area contributed by atoms with E-state index in [1.165, 1.54) is 10.4 Å². The lowest BCUT2D eigenvalue weighted by molar-refractivity contribution is 0.414. The number of thiophene rings is 1. The smallest absolute Gasteiger partial charge is 0.119 e. The molecule has 120 valence electrons. The molecule has 1 aromatic heterocycles. The van der Waals surface area contributed by atoms with E-state index in [1.807, 2.05) is 18.2 Å². The fraction of sp³-hybridized carbons (Fsp3) is 0.100. The van der Waals surface area contributed by atoms with Gasteiger partial charge in [-0.2, -0.15) is 0 Å². The Labute approximate surface area is 145 Å². The molecule has 0 bridgehead atoms. The predicted octanol–water partition coefficient (Wildman–Crippen LogP) is 4.86. The number of methoxy groups -OCH3 is 1. The summed E-state index contributed by atoms with van der Waals surface area (Å²) in [5, 5.41) is 4.30. The molecule has 3 aromatic rings. The summed E-state index contributed by atoms with van der Waals surface area (Å²) in [5.41, 5.74) is 7.02. The molecule has 0 radical (unpaired) electrons. The Hall–Kier alpha value is -2.72. The highest BCUT2D eigenvalue weighted by atomic mass is 32.1. The van der Waals surface area contributed by atoms with Crippen LogP contribution in [-0.4, -0.2) is 7.11 Å². The first-order valence-corrected chi connectivity index (χ1v) is 8.74. The molecule has 2 aromatic carbocycles. The number of anilines is 1. The van der Waals surface area contributed by atoms with Crippen LogP contribution in [-0.2, 0) is 0 Å². The number of nitrogens with zero attached hydrogens (tertiary/aromatic N) is 1. The number of ether oxygens (including phenoxy) is 1. The second-order valence-electron chi connectivity index (χ2n) is 5.60. The second-order valence-corrected chi connectivity index (χ2v) is 6.54. The van der Waals surface area contributed by atoms with Crippen LogP contribution >= 0.6 is 11.3 Å². The monoisotopic (exact) mass is 334 g/mol. The van der Waals surface area contributed by atoms with Crippen molar-refractivity contribution in [2.45, 2.75) is 6.04 Å². The number of benzene rings is 2. The Balaban J connectivity index is 1.76. The molecule has 0 fully saturated rings. The summed E-state index contributed by atoms with van der Waals surface area (Å²) in [6, 6.07) is 23.0. The van der Waals surface area contributed by atoms with Crippen molar-refractivity contribution >= 4 is 22.7 Å². The van der Waals surface area contributed by atoms with Gasteiger partial charge < -0.3 is 4.74 Å². The van der Waals surface area contributed by atoms with Gasteiger partial charge in [-0.3, -0.25) is 10.4 Å². The summed E-state index contributed by atoms with van der Waals surface area (Å²) in [7, 11) is 1.70. The molecule has 0 saturated carbocycles. The van der Waals surface area contributed by atoms with Crippen molar-refractivity contribution < 1.29 is 4.74 Å². The molecule has 2 heterocycles. The number of para-hydroxylation sites is 1. The molecule has 1 aliphatic rings. The van der Waals surface area contributed by atoms with Crippen molar-refractivity contribution in [1.29, 1.82) is 0 Å². The highest BCUT2D eigenvalue weighted by Gasteiger charge is 2.27. The molecule has 0 spiro atoms. The summed E-state index contributed by atoms with van der Waals surface area (Å²) in [4.78, 5) is 1.24. The van der Waals surface area contributed by atoms with Crippen molar-refractivity contribution in [3.63, 3.8) is 0 Å². The third-order valence-electron chi connectivity index (χ3n) is 4.10. The standard InChI is InChI=1S/C20H18N2OS/c1-23-17-10-5-7-15(13-17)19-14-18(20-11-6-12-24-20)21-22(19)16-8-3-2-4-9-16/h2-14,19,21H,1H3. The van der Waals surface area contributed by atoms with Gasteiger partial charge in [-0.25, -0.2) is 0 Å². The van der Waals surface area contributed by atoms with Crippen molar-refractivity contribution in [1.82, 2.24) is 5.43 Å². The Morgan fingerprint density at radius 1 is 1.00 bits per heavy atom. The van der Waals surface area contributed by atoms with E-state index < -0.39 is 0 Å². The van der Waals surface area contributed by atoms with E-state index >= 15 is 0 Å². The summed E-state index contributed by atoms with van der Waals surface area (Å²) >= 11 is 1.74. The number of hydrogen-bond donors (Lipinski definition) is 1. The van der Waals surface area contributed by atoms with Gasteiger partial charge in [-0.15, -0.1) is 11.3 Å². The first kappa shape index (κ1) is 14.8. The summed E-state index contributed by atoms with van der Waals surface area (Å²) in [6.07, 6.45) is 2.27. The van der Waals surface area contributed by atoms with Crippen molar-refractivity contribution in [3.05, 3.63) is 88.6 Å². The molecule has 0 saturated heterocycles. The average molecular weight is 334 g/mol. The van der Waals surface area contributed by atoms with Gasteiger partial charge in [-0.05, 0) is 47.4 Å². The average Bonchev–Trinajstić information content (AvgIpc) is 3.32. The van der Waals surface area contributed by atoms with Gasteiger partial charge in [0.1, 0.15) is 5.75 Å². The van der Waals surface area contributed by atoms with E-state index in [9.17, 15) is 0 Å². The molecule has 0 aliphatic carbocycles. The zero-order valence-corrected chi connectivity index (χ0v) is 14.2. The van der Waals surface area contributed by atoms with Gasteiger partial charge >= 0.3 is 0 Å². The van der Waals surface area contributed by atoms with E-state index in [2.05, 4.69) is 70.4 Å². The third kappa shape index (κ3) is 2.76. The number of hydrazine groups is 1. The second kappa shape index (κ2) is 6.42. The molecule has 1 unspecified atom stereocenters. The normalized spacial score (nSPS) is 16.6. The van der Waals surface area contributed by atoms with E-state index in [0.717, 1.165) is 17.1 Å². The third-order valence-corrected chi connectivity index (χ3v) is 5.00. The van der Waals surface area contributed by atoms with Crippen molar-refractivity contribution in [2.75, 3.05) is 12.1 Å². The van der Waals surface area contributed by atoms with Gasteiger partial charge in [0.2, 0.25) is 0 Å². The lowest BCUT2D eigenvalue weighted by Crippen LogP contribution is -2.33. The topological polar surface area (TPSA) is 24.5 Å². The van der Waals surface area contributed by atoms with Gasteiger partial charge in [0.25, 0.3) is 0 Å². The maximum absolute atomic E-state index is 5.40. The minimum Gasteiger partial charge on any atom is -0.497 e. The first-order chi connectivity index (χ1) is 11.8. The first-order valence-electron chi connectivity index (χ1n) is 7.86. The van der Waals surface area contributed by atoms with Crippen LogP contribution in [0.1, 0.15) is 16.5 Å². The highest BCUT2D eigenvalue weighted by molar-refractivity contribution is 7.11. The van der Waals surface area contributed by atoms with Crippen LogP contribution < -0.4 is 15.2 Å². The Morgan fingerprint density at radius 3 is 2.62 bits per heavy atom. The lowest BCUT2D eigenvalue weighted by atomic mass is 10.1. The van der Waals surface area contributed by atoms with Crippen LogP contribution in [0.15, 0.2) is 78.2 Å². The maximum atomic E-state index is 5.40. The molecule has 1 N–H and O–H groups in total. The SMILES string of the molecule is COc1cccc(C2C=C(c3cccs3)NN2c2ccccc2)c1. The van der Waals surface area contributed by atoms with Gasteiger partial charge in [-0.1, -0.05) is 36.4 Å². The Kier molecular flexibility index (Phi) is 3.97. The summed E-state index contributed by atoms with van der Waals surface area (Å²) < 4.78 is 5.40. The van der Waals surface area contributed by atoms with E-state index in [4.69, 9.17) is 4.74 Å². The molecular formula is C20H18N2OS. The highest BCUT2D eigenvalue weighted by Crippen LogP contribution is 2.36. The molecule has 1 atom stereocenters. The zero-order valence-electron chi connectivity index (χ0n) is 13.3. The Bertz CT molecular complexity index is 843. The molecular weight excluding hydrogens is 316 g/mol. The predicted molar refractivity (Wildman–Crippen MR) is 100 cm³/mol. The fourth-order valence-electron chi connectivity index (χ4n) is 2.92. The van der Waals surface area contributed by atoms with E-state index in [-0.39, 0.29) is 6.04 Å². The van der Waals surface area contributed by atoms with Crippen LogP contribution in [0.5, 0.6) is 5.75 Å². The molecule has 3 nitrogen and oxygen atoms in total. The number of rotatable bonds is 4. The summed E-state index contributed by atoms with van der Waals surface area (Å²) in [6.45, 7) is 0. The Morgan fingerprint density at radius 2 is 1.88 bits per heavy atom. The molecule has 1 aliphatic heterocycles. The maximum Gasteiger partial charge on any atom is 0.119 e. The number of nitrogens with one attached hydrogen (secondary N) is 1. The molecule has 24 heavy (non-hydrogen) atoms. The van der Waals surface area contributed by atoms with Crippen molar-refractivity contribution in [2.24, 2.45) is 0 Å². The summed E-state index contributed by atoms with van der Waals surface area (Å²) in [5.74, 6) is 0.874. The van der Waals surface area contributed by atoms with Crippen LogP contribution in [0, 0.1) is 0 Å². The zero-order chi connectivity index (χ0) is 16.4. The largest absolute Gasteiger partial charge is 0.497 e. The fourth-order valence-corrected chi connectivity index (χ4v) is 3.62. The van der Waals surface area contributed by atoms with E-state index in [1.54, 1.807) is 18.4 Å². The number of hydrogen-bond acceptors (Lipinski definition) is 4. The lowest BCUT2D eigenvalue weighted by Gasteiger charge is -2.27. The van der Waals surface area contributed by atoms with Crippen LogP contribution in [0.3, 0.4) is 0 Å². The van der Waals surface area contributed by atoms with Crippen LogP contribution in [0.25, 0.3) is 5.70 Å². The van der Waals surface area contributed by atoms with E-state index in [0.29, 0.717) is 0 Å². The molecule has 0 amide bonds. The minimum absolute atomic E-state index is 0.111. The van der Waals surface area contributed by atoms with Gasteiger partial charge in [0.15, 0.2) is 0 Å². The van der Waals surface area contributed by atoms with Crippen molar-refractivity contribution in [3.8, 4) is 5.75 Å².